The van der Waals surface area contributed by atoms with Gasteiger partial charge in [0, 0.05) is 13.0 Å². The van der Waals surface area contributed by atoms with Crippen molar-refractivity contribution in [2.24, 2.45) is 11.3 Å². The minimum atomic E-state index is -0.148. The largest absolute Gasteiger partial charge is 0.465 e. The summed E-state index contributed by atoms with van der Waals surface area (Å²) >= 11 is 0. The number of rotatable bonds is 8. The minimum Gasteiger partial charge on any atom is -0.465 e. The van der Waals surface area contributed by atoms with Crippen molar-refractivity contribution in [3.63, 3.8) is 0 Å². The molecule has 2 heteroatoms. The summed E-state index contributed by atoms with van der Waals surface area (Å²) in [5, 5.41) is 0. The third-order valence-corrected chi connectivity index (χ3v) is 3.99. The highest BCUT2D eigenvalue weighted by Gasteiger charge is 2.26. The molecule has 0 aliphatic carbocycles. The van der Waals surface area contributed by atoms with Gasteiger partial charge >= 0.3 is 0 Å². The third kappa shape index (κ3) is 6.00. The van der Waals surface area contributed by atoms with Crippen LogP contribution < -0.4 is 4.74 Å². The molecule has 0 aromatic heterocycles. The van der Waals surface area contributed by atoms with Crippen molar-refractivity contribution in [3.05, 3.63) is 29.8 Å². The van der Waals surface area contributed by atoms with Crippen molar-refractivity contribution in [2.75, 3.05) is 6.61 Å². The summed E-state index contributed by atoms with van der Waals surface area (Å²) < 4.78 is 11.4. The first-order valence-electron chi connectivity index (χ1n) is 8.66. The van der Waals surface area contributed by atoms with Crippen LogP contribution in [0.15, 0.2) is 24.3 Å². The predicted octanol–water partition coefficient (Wildman–Crippen LogP) is 6.01. The lowest BCUT2D eigenvalue weighted by Gasteiger charge is -2.32. The average molecular weight is 306 g/mol. The Morgan fingerprint density at radius 2 is 1.59 bits per heavy atom. The van der Waals surface area contributed by atoms with Gasteiger partial charge in [-0.1, -0.05) is 53.7 Å². The second kappa shape index (κ2) is 8.57. The summed E-state index contributed by atoms with van der Waals surface area (Å²) in [5.74, 6) is 2.15. The summed E-state index contributed by atoms with van der Waals surface area (Å²) in [5.41, 5.74) is 1.67. The molecule has 2 unspecified atom stereocenters. The monoisotopic (exact) mass is 306 g/mol. The standard InChI is InChI=1S/C20H34O2/c1-8-19(21-9-2)22-17-12-10-16(11-13-17)18(14-15(3)4)20(5,6)7/h10-13,15,18-19H,8-9,14H2,1-7H3. The van der Waals surface area contributed by atoms with E-state index < -0.39 is 0 Å². The Balaban J connectivity index is 2.85. The Morgan fingerprint density at radius 1 is 1.00 bits per heavy atom. The number of ether oxygens (including phenoxy) is 2. The number of hydrogen-bond acceptors (Lipinski definition) is 2. The van der Waals surface area contributed by atoms with Crippen LogP contribution in [-0.4, -0.2) is 12.9 Å². The summed E-state index contributed by atoms with van der Waals surface area (Å²) in [6, 6.07) is 8.59. The lowest BCUT2D eigenvalue weighted by Crippen LogP contribution is -2.21. The maximum atomic E-state index is 5.88. The maximum Gasteiger partial charge on any atom is 0.199 e. The zero-order valence-electron chi connectivity index (χ0n) is 15.5. The fourth-order valence-corrected chi connectivity index (χ4v) is 2.81. The normalized spacial score (nSPS) is 14.9. The Hall–Kier alpha value is -1.02. The molecule has 0 aliphatic heterocycles. The summed E-state index contributed by atoms with van der Waals surface area (Å²) in [4.78, 5) is 0. The van der Waals surface area contributed by atoms with Crippen LogP contribution in [0.4, 0.5) is 0 Å². The van der Waals surface area contributed by atoms with E-state index in [0.29, 0.717) is 18.4 Å². The lowest BCUT2D eigenvalue weighted by molar-refractivity contribution is -0.0766. The highest BCUT2D eigenvalue weighted by atomic mass is 16.7. The molecule has 1 aromatic carbocycles. The molecule has 0 aliphatic rings. The van der Waals surface area contributed by atoms with E-state index >= 15 is 0 Å². The van der Waals surface area contributed by atoms with Gasteiger partial charge in [-0.2, -0.15) is 0 Å². The Labute approximate surface area is 137 Å². The van der Waals surface area contributed by atoms with Gasteiger partial charge in [0.05, 0.1) is 0 Å². The summed E-state index contributed by atoms with van der Waals surface area (Å²) in [6.07, 6.45) is 1.92. The van der Waals surface area contributed by atoms with Crippen LogP contribution in [0.1, 0.15) is 72.8 Å². The first-order chi connectivity index (χ1) is 10.3. The van der Waals surface area contributed by atoms with Crippen LogP contribution in [-0.2, 0) is 4.74 Å². The fourth-order valence-electron chi connectivity index (χ4n) is 2.81. The molecule has 2 nitrogen and oxygen atoms in total. The topological polar surface area (TPSA) is 18.5 Å². The van der Waals surface area contributed by atoms with Crippen LogP contribution in [0.25, 0.3) is 0 Å². The molecule has 0 fully saturated rings. The average Bonchev–Trinajstić information content (AvgIpc) is 2.44. The maximum absolute atomic E-state index is 5.88. The van der Waals surface area contributed by atoms with Gasteiger partial charge in [0.15, 0.2) is 6.29 Å². The van der Waals surface area contributed by atoms with Gasteiger partial charge in [0.25, 0.3) is 0 Å². The van der Waals surface area contributed by atoms with Crippen LogP contribution in [0.5, 0.6) is 5.75 Å². The zero-order valence-corrected chi connectivity index (χ0v) is 15.5. The molecule has 0 amide bonds. The molecule has 22 heavy (non-hydrogen) atoms. The van der Waals surface area contributed by atoms with E-state index in [4.69, 9.17) is 9.47 Å². The zero-order chi connectivity index (χ0) is 16.8. The SMILES string of the molecule is CCOC(CC)Oc1ccc(C(CC(C)C)C(C)(C)C)cc1. The van der Waals surface area contributed by atoms with Crippen LogP contribution in [0, 0.1) is 11.3 Å². The quantitative estimate of drug-likeness (QED) is 0.547. The first kappa shape index (κ1) is 19.0. The molecule has 0 saturated carbocycles. The highest BCUT2D eigenvalue weighted by Crippen LogP contribution is 2.40. The highest BCUT2D eigenvalue weighted by molar-refractivity contribution is 5.30. The molecule has 0 spiro atoms. The van der Waals surface area contributed by atoms with Crippen molar-refractivity contribution >= 4 is 0 Å². The molecule has 1 aromatic rings. The Kier molecular flexibility index (Phi) is 7.41. The summed E-state index contributed by atoms with van der Waals surface area (Å²) in [6.45, 7) is 16.3. The second-order valence-corrected chi connectivity index (χ2v) is 7.53. The molecule has 2 atom stereocenters. The number of hydrogen-bond donors (Lipinski definition) is 0. The molecule has 0 heterocycles. The molecular formula is C20H34O2. The van der Waals surface area contributed by atoms with Gasteiger partial charge in [-0.05, 0) is 48.3 Å². The third-order valence-electron chi connectivity index (χ3n) is 3.99. The molecule has 0 radical (unpaired) electrons. The van der Waals surface area contributed by atoms with Crippen molar-refractivity contribution in [2.45, 2.75) is 73.5 Å². The van der Waals surface area contributed by atoms with E-state index in [9.17, 15) is 0 Å². The fraction of sp³-hybridized carbons (Fsp3) is 0.700. The molecule has 0 saturated heterocycles. The predicted molar refractivity (Wildman–Crippen MR) is 94.4 cm³/mol. The number of benzene rings is 1. The minimum absolute atomic E-state index is 0.148. The molecular weight excluding hydrogens is 272 g/mol. The smallest absolute Gasteiger partial charge is 0.199 e. The van der Waals surface area contributed by atoms with E-state index in [2.05, 4.69) is 65.8 Å². The van der Waals surface area contributed by atoms with Gasteiger partial charge in [0.2, 0.25) is 0 Å². The van der Waals surface area contributed by atoms with Crippen LogP contribution >= 0.6 is 0 Å². The molecule has 126 valence electrons. The van der Waals surface area contributed by atoms with E-state index in [1.807, 2.05) is 6.92 Å². The molecule has 1 rings (SSSR count). The van der Waals surface area contributed by atoms with E-state index in [0.717, 1.165) is 12.2 Å². The van der Waals surface area contributed by atoms with Crippen molar-refractivity contribution < 1.29 is 9.47 Å². The molecule has 0 N–H and O–H groups in total. The van der Waals surface area contributed by atoms with Gasteiger partial charge in [0.1, 0.15) is 5.75 Å². The van der Waals surface area contributed by atoms with Crippen molar-refractivity contribution in [1.29, 1.82) is 0 Å². The lowest BCUT2D eigenvalue weighted by atomic mass is 9.72. The Morgan fingerprint density at radius 3 is 2.00 bits per heavy atom. The van der Waals surface area contributed by atoms with Crippen LogP contribution in [0.3, 0.4) is 0 Å². The van der Waals surface area contributed by atoms with Crippen molar-refractivity contribution in [1.82, 2.24) is 0 Å². The Bertz CT molecular complexity index is 414. The first-order valence-corrected chi connectivity index (χ1v) is 8.66. The van der Waals surface area contributed by atoms with Gasteiger partial charge in [-0.3, -0.25) is 0 Å². The van der Waals surface area contributed by atoms with Crippen molar-refractivity contribution in [3.8, 4) is 5.75 Å². The second-order valence-electron chi connectivity index (χ2n) is 7.53. The van der Waals surface area contributed by atoms with E-state index in [1.54, 1.807) is 0 Å². The van der Waals surface area contributed by atoms with Gasteiger partial charge in [-0.15, -0.1) is 0 Å². The van der Waals surface area contributed by atoms with Gasteiger partial charge < -0.3 is 9.47 Å². The van der Waals surface area contributed by atoms with Crippen LogP contribution in [0.2, 0.25) is 0 Å². The van der Waals surface area contributed by atoms with E-state index in [1.165, 1.54) is 12.0 Å². The summed E-state index contributed by atoms with van der Waals surface area (Å²) in [7, 11) is 0. The van der Waals surface area contributed by atoms with E-state index in [-0.39, 0.29) is 11.7 Å². The molecule has 0 bridgehead atoms. The van der Waals surface area contributed by atoms with Gasteiger partial charge in [-0.25, -0.2) is 0 Å².